The second-order valence-electron chi connectivity index (χ2n) is 5.23. The summed E-state index contributed by atoms with van der Waals surface area (Å²) in [6.07, 6.45) is 1.24. The Morgan fingerprint density at radius 3 is 2.50 bits per heavy atom. The molecule has 0 atom stereocenters. The average molecular weight is 318 g/mol. The van der Waals surface area contributed by atoms with Gasteiger partial charge in [0.1, 0.15) is 4.88 Å². The third-order valence-electron chi connectivity index (χ3n) is 3.14. The van der Waals surface area contributed by atoms with Gasteiger partial charge in [0.25, 0.3) is 0 Å². The lowest BCUT2D eigenvalue weighted by molar-refractivity contribution is -0.118. The second-order valence-corrected chi connectivity index (χ2v) is 6.23. The van der Waals surface area contributed by atoms with Crippen molar-refractivity contribution in [2.24, 2.45) is 5.92 Å². The first-order chi connectivity index (χ1) is 10.5. The monoisotopic (exact) mass is 318 g/mol. The van der Waals surface area contributed by atoms with Gasteiger partial charge in [-0.15, -0.1) is 0 Å². The van der Waals surface area contributed by atoms with Crippen molar-refractivity contribution in [1.82, 2.24) is 4.98 Å². The summed E-state index contributed by atoms with van der Waals surface area (Å²) in [6.45, 7) is 3.55. The van der Waals surface area contributed by atoms with Crippen LogP contribution in [0, 0.1) is 5.92 Å². The summed E-state index contributed by atoms with van der Waals surface area (Å²) in [5.74, 6) is -1.35. The van der Waals surface area contributed by atoms with Gasteiger partial charge in [-0.25, -0.2) is 9.78 Å². The summed E-state index contributed by atoms with van der Waals surface area (Å²) in [7, 11) is 0. The summed E-state index contributed by atoms with van der Waals surface area (Å²) in [5.41, 5.74) is 1.64. The summed E-state index contributed by atoms with van der Waals surface area (Å²) in [4.78, 5) is 27.5. The second kappa shape index (κ2) is 7.17. The van der Waals surface area contributed by atoms with Crippen molar-refractivity contribution in [3.05, 3.63) is 46.5 Å². The van der Waals surface area contributed by atoms with E-state index >= 15 is 0 Å². The van der Waals surface area contributed by atoms with Crippen LogP contribution in [0.25, 0.3) is 0 Å². The lowest BCUT2D eigenvalue weighted by Crippen LogP contribution is -2.17. The Morgan fingerprint density at radius 2 is 1.91 bits per heavy atom. The highest BCUT2D eigenvalue weighted by molar-refractivity contribution is 7.17. The largest absolute Gasteiger partial charge is 0.477 e. The maximum atomic E-state index is 11.7. The zero-order valence-corrected chi connectivity index (χ0v) is 13.3. The molecule has 2 aromatic rings. The maximum absolute atomic E-state index is 11.7. The predicted octanol–water partition coefficient (Wildman–Crippen LogP) is 3.22. The number of thiazole rings is 1. The summed E-state index contributed by atoms with van der Waals surface area (Å²) < 4.78 is 0. The van der Waals surface area contributed by atoms with Crippen LogP contribution in [0.2, 0.25) is 0 Å². The van der Waals surface area contributed by atoms with Crippen LogP contribution in [0.1, 0.15) is 34.8 Å². The zero-order chi connectivity index (χ0) is 16.1. The molecule has 5 nitrogen and oxygen atoms in total. The number of carboxylic acids is 1. The number of amides is 1. The molecule has 1 heterocycles. The van der Waals surface area contributed by atoms with Gasteiger partial charge in [-0.3, -0.25) is 4.79 Å². The first-order valence-corrected chi connectivity index (χ1v) is 7.86. The van der Waals surface area contributed by atoms with Crippen molar-refractivity contribution in [3.63, 3.8) is 0 Å². The number of carbonyl (C=O) groups is 2. The van der Waals surface area contributed by atoms with E-state index in [1.54, 1.807) is 13.8 Å². The molecule has 2 rings (SSSR count). The van der Waals surface area contributed by atoms with Gasteiger partial charge in [-0.05, 0) is 18.4 Å². The number of anilines is 1. The Balaban J connectivity index is 2.13. The molecule has 0 aliphatic rings. The van der Waals surface area contributed by atoms with Crippen LogP contribution in [0.15, 0.2) is 30.3 Å². The molecular formula is C16H18N2O3S. The van der Waals surface area contributed by atoms with Crippen LogP contribution in [0.3, 0.4) is 0 Å². The minimum atomic E-state index is -1.01. The van der Waals surface area contributed by atoms with Gasteiger partial charge in [-0.1, -0.05) is 55.5 Å². The number of aryl methyl sites for hydroxylation is 2. The van der Waals surface area contributed by atoms with E-state index in [0.717, 1.165) is 16.9 Å². The van der Waals surface area contributed by atoms with Crippen molar-refractivity contribution >= 4 is 28.3 Å². The van der Waals surface area contributed by atoms with Gasteiger partial charge < -0.3 is 10.4 Å². The van der Waals surface area contributed by atoms with Crippen LogP contribution in [0.4, 0.5) is 5.13 Å². The topological polar surface area (TPSA) is 79.3 Å². The number of aromatic carboxylic acids is 1. The Morgan fingerprint density at radius 1 is 1.23 bits per heavy atom. The van der Waals surface area contributed by atoms with Gasteiger partial charge >= 0.3 is 5.97 Å². The molecule has 0 spiro atoms. The molecule has 1 aromatic heterocycles. The fraction of sp³-hybridized carbons (Fsp3) is 0.312. The van der Waals surface area contributed by atoms with E-state index in [2.05, 4.69) is 10.3 Å². The normalized spacial score (nSPS) is 10.7. The molecule has 0 radical (unpaired) electrons. The molecule has 0 aliphatic heterocycles. The number of hydrogen-bond donors (Lipinski definition) is 2. The van der Waals surface area contributed by atoms with E-state index in [1.807, 2.05) is 30.3 Å². The van der Waals surface area contributed by atoms with Crippen LogP contribution in [-0.2, 0) is 17.6 Å². The zero-order valence-electron chi connectivity index (χ0n) is 12.5. The molecule has 116 valence electrons. The number of nitrogens with one attached hydrogen (secondary N) is 1. The number of benzene rings is 1. The molecule has 0 fully saturated rings. The van der Waals surface area contributed by atoms with Gasteiger partial charge in [-0.2, -0.15) is 0 Å². The molecule has 0 saturated heterocycles. The molecule has 0 saturated carbocycles. The number of rotatable bonds is 6. The van der Waals surface area contributed by atoms with E-state index < -0.39 is 5.97 Å². The van der Waals surface area contributed by atoms with Crippen LogP contribution in [0.5, 0.6) is 0 Å². The summed E-state index contributed by atoms with van der Waals surface area (Å²) in [5, 5.41) is 12.3. The number of nitrogens with zero attached hydrogens (tertiary/aromatic N) is 1. The lowest BCUT2D eigenvalue weighted by Gasteiger charge is -2.03. The van der Waals surface area contributed by atoms with Crippen molar-refractivity contribution in [2.75, 3.05) is 5.32 Å². The van der Waals surface area contributed by atoms with E-state index in [-0.39, 0.29) is 16.7 Å². The molecule has 0 aliphatic carbocycles. The fourth-order valence-corrected chi connectivity index (χ4v) is 2.75. The van der Waals surface area contributed by atoms with Crippen LogP contribution < -0.4 is 5.32 Å². The molecule has 22 heavy (non-hydrogen) atoms. The third-order valence-corrected chi connectivity index (χ3v) is 4.14. The molecule has 0 unspecified atom stereocenters. The maximum Gasteiger partial charge on any atom is 0.347 e. The Kier molecular flexibility index (Phi) is 5.27. The molecule has 2 N–H and O–H groups in total. The van der Waals surface area contributed by atoms with Gasteiger partial charge in [0.05, 0.1) is 5.69 Å². The highest BCUT2D eigenvalue weighted by atomic mass is 32.1. The predicted molar refractivity (Wildman–Crippen MR) is 86.4 cm³/mol. The van der Waals surface area contributed by atoms with Crippen LogP contribution >= 0.6 is 11.3 Å². The minimum Gasteiger partial charge on any atom is -0.477 e. The summed E-state index contributed by atoms with van der Waals surface area (Å²) in [6, 6.07) is 9.82. The molecule has 6 heteroatoms. The highest BCUT2D eigenvalue weighted by Crippen LogP contribution is 2.25. The first kappa shape index (κ1) is 16.2. The quantitative estimate of drug-likeness (QED) is 0.857. The Hall–Kier alpha value is -2.21. The van der Waals surface area contributed by atoms with Crippen LogP contribution in [-0.4, -0.2) is 22.0 Å². The van der Waals surface area contributed by atoms with Gasteiger partial charge in [0.15, 0.2) is 5.13 Å². The Bertz CT molecular complexity index is 665. The number of carbonyl (C=O) groups excluding carboxylic acids is 1. The third kappa shape index (κ3) is 4.14. The van der Waals surface area contributed by atoms with Crippen molar-refractivity contribution < 1.29 is 14.7 Å². The fourth-order valence-electron chi connectivity index (χ4n) is 1.90. The highest BCUT2D eigenvalue weighted by Gasteiger charge is 2.19. The van der Waals surface area contributed by atoms with Crippen molar-refractivity contribution in [2.45, 2.75) is 26.7 Å². The number of hydrogen-bond acceptors (Lipinski definition) is 4. The van der Waals surface area contributed by atoms with Crippen molar-refractivity contribution in [1.29, 1.82) is 0 Å². The minimum absolute atomic E-state index is 0.166. The molecular weight excluding hydrogens is 300 g/mol. The van der Waals surface area contributed by atoms with E-state index in [9.17, 15) is 14.7 Å². The van der Waals surface area contributed by atoms with Gasteiger partial charge in [0.2, 0.25) is 5.91 Å². The van der Waals surface area contributed by atoms with E-state index in [0.29, 0.717) is 23.7 Å². The number of carboxylic acid groups (broad SMARTS) is 1. The number of aromatic nitrogens is 1. The van der Waals surface area contributed by atoms with Gasteiger partial charge in [0, 0.05) is 5.92 Å². The average Bonchev–Trinajstić information content (AvgIpc) is 2.89. The summed E-state index contributed by atoms with van der Waals surface area (Å²) >= 11 is 1.01. The Labute approximate surface area is 133 Å². The van der Waals surface area contributed by atoms with E-state index in [4.69, 9.17) is 0 Å². The SMILES string of the molecule is CC(C)C(=O)Nc1nc(CCc2ccccc2)c(C(=O)O)s1. The van der Waals surface area contributed by atoms with E-state index in [1.165, 1.54) is 0 Å². The van der Waals surface area contributed by atoms with Crippen molar-refractivity contribution in [3.8, 4) is 0 Å². The lowest BCUT2D eigenvalue weighted by atomic mass is 10.1. The first-order valence-electron chi connectivity index (χ1n) is 7.05. The molecule has 1 aromatic carbocycles. The smallest absolute Gasteiger partial charge is 0.347 e. The standard InChI is InChI=1S/C16H18N2O3S/c1-10(2)14(19)18-16-17-12(13(22-16)15(20)21)9-8-11-6-4-3-5-7-11/h3-7,10H,8-9H2,1-2H3,(H,20,21)(H,17,18,19). The molecule has 0 bridgehead atoms. The molecule has 1 amide bonds.